The van der Waals surface area contributed by atoms with E-state index < -0.39 is 0 Å². The molecule has 0 saturated carbocycles. The average Bonchev–Trinajstić information content (AvgIpc) is 3.51. The SMILES string of the molecule is CCC(CC)n1ncc2c(-c3cccc(COc4cc(OCc5cncc(C#N)c5)c(CNC(C)CO)cc4Cl)c3Br)cccc21. The number of hydrogen-bond acceptors (Lipinski definition) is 7. The molecule has 0 aliphatic heterocycles. The molecule has 10 heteroatoms. The first-order chi connectivity index (χ1) is 22.4. The molecule has 5 aromatic rings. The maximum atomic E-state index is 9.49. The zero-order valence-electron chi connectivity index (χ0n) is 26.1. The number of benzene rings is 3. The molecular formula is C36H37BrClN5O3. The van der Waals surface area contributed by atoms with Gasteiger partial charge in [-0.2, -0.15) is 10.4 Å². The van der Waals surface area contributed by atoms with E-state index >= 15 is 0 Å². The van der Waals surface area contributed by atoms with Gasteiger partial charge in [-0.1, -0.05) is 55.8 Å². The molecule has 238 valence electrons. The van der Waals surface area contributed by atoms with Crippen LogP contribution in [0.15, 0.2) is 77.7 Å². The maximum Gasteiger partial charge on any atom is 0.142 e. The highest BCUT2D eigenvalue weighted by atomic mass is 79.9. The smallest absolute Gasteiger partial charge is 0.142 e. The van der Waals surface area contributed by atoms with E-state index in [1.54, 1.807) is 18.3 Å². The molecule has 0 spiro atoms. The van der Waals surface area contributed by atoms with Gasteiger partial charge >= 0.3 is 0 Å². The van der Waals surface area contributed by atoms with Gasteiger partial charge in [-0.25, -0.2) is 0 Å². The van der Waals surface area contributed by atoms with Gasteiger partial charge in [0, 0.05) is 57.6 Å². The Bertz CT molecular complexity index is 1850. The number of aliphatic hydroxyl groups excluding tert-OH is 1. The van der Waals surface area contributed by atoms with Crippen LogP contribution in [0.2, 0.25) is 5.02 Å². The summed E-state index contributed by atoms with van der Waals surface area (Å²) in [6.45, 7) is 7.19. The van der Waals surface area contributed by atoms with Crippen molar-refractivity contribution in [3.05, 3.63) is 105 Å². The number of rotatable bonds is 14. The Labute approximate surface area is 283 Å². The topological polar surface area (TPSA) is 105 Å². The van der Waals surface area contributed by atoms with Gasteiger partial charge in [0.25, 0.3) is 0 Å². The molecule has 2 heterocycles. The summed E-state index contributed by atoms with van der Waals surface area (Å²) >= 11 is 10.6. The van der Waals surface area contributed by atoms with Crippen LogP contribution in [0.25, 0.3) is 22.0 Å². The summed E-state index contributed by atoms with van der Waals surface area (Å²) in [4.78, 5) is 4.13. The first-order valence-electron chi connectivity index (χ1n) is 15.4. The molecule has 0 bridgehead atoms. The monoisotopic (exact) mass is 701 g/mol. The average molecular weight is 703 g/mol. The zero-order valence-corrected chi connectivity index (χ0v) is 28.5. The lowest BCUT2D eigenvalue weighted by Crippen LogP contribution is -2.28. The number of pyridine rings is 1. The van der Waals surface area contributed by atoms with E-state index in [1.807, 2.05) is 31.3 Å². The van der Waals surface area contributed by atoms with Crippen molar-refractivity contribution in [1.82, 2.24) is 20.1 Å². The van der Waals surface area contributed by atoms with Crippen LogP contribution in [-0.2, 0) is 19.8 Å². The molecule has 46 heavy (non-hydrogen) atoms. The van der Waals surface area contributed by atoms with Gasteiger partial charge in [0.15, 0.2) is 0 Å². The third-order valence-electron chi connectivity index (χ3n) is 8.03. The number of nitriles is 1. The molecule has 5 rings (SSSR count). The third-order valence-corrected chi connectivity index (χ3v) is 9.26. The maximum absolute atomic E-state index is 9.49. The summed E-state index contributed by atoms with van der Waals surface area (Å²) < 4.78 is 15.6. The van der Waals surface area contributed by atoms with Gasteiger partial charge in [0.2, 0.25) is 0 Å². The van der Waals surface area contributed by atoms with Crippen molar-refractivity contribution < 1.29 is 14.6 Å². The molecule has 2 N–H and O–H groups in total. The first-order valence-corrected chi connectivity index (χ1v) is 16.5. The summed E-state index contributed by atoms with van der Waals surface area (Å²) in [6, 6.07) is 20.2. The number of aliphatic hydroxyl groups is 1. The van der Waals surface area contributed by atoms with Gasteiger partial charge in [-0.05, 0) is 65.0 Å². The first kappa shape index (κ1) is 33.4. The summed E-state index contributed by atoms with van der Waals surface area (Å²) in [7, 11) is 0. The van der Waals surface area contributed by atoms with Crippen molar-refractivity contribution in [1.29, 1.82) is 5.26 Å². The predicted molar refractivity (Wildman–Crippen MR) is 185 cm³/mol. The van der Waals surface area contributed by atoms with Crippen molar-refractivity contribution in [2.45, 2.75) is 65.5 Å². The number of fused-ring (bicyclic) bond motifs is 1. The molecule has 0 radical (unpaired) electrons. The van der Waals surface area contributed by atoms with E-state index in [0.717, 1.165) is 56.0 Å². The molecule has 8 nitrogen and oxygen atoms in total. The van der Waals surface area contributed by atoms with Crippen LogP contribution in [0.3, 0.4) is 0 Å². The van der Waals surface area contributed by atoms with Crippen molar-refractivity contribution in [3.8, 4) is 28.7 Å². The minimum atomic E-state index is -0.108. The molecular weight excluding hydrogens is 666 g/mol. The van der Waals surface area contributed by atoms with Crippen LogP contribution in [0, 0.1) is 11.3 Å². The van der Waals surface area contributed by atoms with Crippen LogP contribution >= 0.6 is 27.5 Å². The third kappa shape index (κ3) is 7.54. The lowest BCUT2D eigenvalue weighted by atomic mass is 10.00. The molecule has 3 aromatic carbocycles. The Balaban J connectivity index is 1.40. The van der Waals surface area contributed by atoms with Crippen molar-refractivity contribution in [2.75, 3.05) is 6.61 Å². The molecule has 0 saturated heterocycles. The Kier molecular flexibility index (Phi) is 11.3. The van der Waals surface area contributed by atoms with Crippen molar-refractivity contribution >= 4 is 38.4 Å². The number of hydrogen-bond donors (Lipinski definition) is 2. The summed E-state index contributed by atoms with van der Waals surface area (Å²) in [5.41, 5.74) is 6.27. The quantitative estimate of drug-likeness (QED) is 0.120. The highest BCUT2D eigenvalue weighted by Gasteiger charge is 2.18. The molecule has 0 aliphatic rings. The van der Waals surface area contributed by atoms with Gasteiger partial charge in [0.05, 0.1) is 34.9 Å². The lowest BCUT2D eigenvalue weighted by molar-refractivity contribution is 0.249. The number of halogens is 2. The van der Waals surface area contributed by atoms with E-state index in [4.69, 9.17) is 26.2 Å². The summed E-state index contributed by atoms with van der Waals surface area (Å²) in [5, 5.41) is 28.3. The Morgan fingerprint density at radius 3 is 2.50 bits per heavy atom. The van der Waals surface area contributed by atoms with Crippen LogP contribution in [0.4, 0.5) is 0 Å². The van der Waals surface area contributed by atoms with Crippen LogP contribution < -0.4 is 14.8 Å². The van der Waals surface area contributed by atoms with E-state index in [9.17, 15) is 10.4 Å². The minimum absolute atomic E-state index is 0.000517. The van der Waals surface area contributed by atoms with Gasteiger partial charge in [0.1, 0.15) is 30.8 Å². The molecule has 0 amide bonds. The number of nitrogens with one attached hydrogen (secondary N) is 1. The molecule has 1 unspecified atom stereocenters. The second-order valence-corrected chi connectivity index (χ2v) is 12.4. The van der Waals surface area contributed by atoms with Crippen LogP contribution in [0.5, 0.6) is 11.5 Å². The predicted octanol–water partition coefficient (Wildman–Crippen LogP) is 8.38. The fraction of sp³-hybridized carbons (Fsp3) is 0.306. The molecule has 0 fully saturated rings. The molecule has 1 atom stereocenters. The van der Waals surface area contributed by atoms with E-state index in [-0.39, 0.29) is 25.9 Å². The summed E-state index contributed by atoms with van der Waals surface area (Å²) in [6.07, 6.45) is 7.19. The van der Waals surface area contributed by atoms with Gasteiger partial charge in [-0.3, -0.25) is 9.67 Å². The summed E-state index contributed by atoms with van der Waals surface area (Å²) in [5.74, 6) is 1.05. The van der Waals surface area contributed by atoms with Crippen molar-refractivity contribution in [2.24, 2.45) is 0 Å². The van der Waals surface area contributed by atoms with E-state index in [0.29, 0.717) is 34.7 Å². The van der Waals surface area contributed by atoms with E-state index in [2.05, 4.69) is 75.1 Å². The Hall–Kier alpha value is -3.94. The second kappa shape index (κ2) is 15.6. The van der Waals surface area contributed by atoms with Crippen molar-refractivity contribution in [3.63, 3.8) is 0 Å². The fourth-order valence-corrected chi connectivity index (χ4v) is 6.22. The number of ether oxygens (including phenoxy) is 2. The second-order valence-electron chi connectivity index (χ2n) is 11.2. The standard InChI is InChI=1S/C36H37BrClN5O3/c1-4-28(5-2)43-33-11-7-9-29(31(33)19-42-43)30-10-6-8-26(36(30)37)22-46-35-14-34(27(13-32(35)38)18-41-23(3)20-44)45-21-25-12-24(15-39)16-40-17-25/h6-14,16-17,19,23,28,41,44H,4-5,18,20-22H2,1-3H3. The normalized spacial score (nSPS) is 12.0. The highest BCUT2D eigenvalue weighted by Crippen LogP contribution is 2.38. The number of aromatic nitrogens is 3. The fourth-order valence-electron chi connectivity index (χ4n) is 5.38. The lowest BCUT2D eigenvalue weighted by Gasteiger charge is -2.18. The van der Waals surface area contributed by atoms with E-state index in [1.165, 1.54) is 6.20 Å². The zero-order chi connectivity index (χ0) is 32.6. The van der Waals surface area contributed by atoms with Gasteiger partial charge < -0.3 is 19.9 Å². The molecule has 0 aliphatic carbocycles. The van der Waals surface area contributed by atoms with Crippen LogP contribution in [-0.4, -0.2) is 32.5 Å². The molecule has 2 aromatic heterocycles. The van der Waals surface area contributed by atoms with Gasteiger partial charge in [-0.15, -0.1) is 0 Å². The highest BCUT2D eigenvalue weighted by molar-refractivity contribution is 9.10. The Morgan fingerprint density at radius 2 is 1.74 bits per heavy atom. The number of nitrogens with zero attached hydrogens (tertiary/aromatic N) is 4. The van der Waals surface area contributed by atoms with Crippen LogP contribution in [0.1, 0.15) is 61.9 Å². The Morgan fingerprint density at radius 1 is 0.978 bits per heavy atom. The largest absolute Gasteiger partial charge is 0.488 e. The minimum Gasteiger partial charge on any atom is -0.488 e.